The van der Waals surface area contributed by atoms with Crippen molar-refractivity contribution in [2.24, 2.45) is 12.2 Å². The number of benzene rings is 1. The van der Waals surface area contributed by atoms with Gasteiger partial charge in [0, 0.05) is 12.7 Å². The number of primary sulfonamides is 1. The van der Waals surface area contributed by atoms with Crippen LogP contribution in [0.3, 0.4) is 0 Å². The van der Waals surface area contributed by atoms with Gasteiger partial charge >= 0.3 is 0 Å². The van der Waals surface area contributed by atoms with Crippen molar-refractivity contribution in [1.82, 2.24) is 4.57 Å². The highest BCUT2D eigenvalue weighted by Crippen LogP contribution is 2.22. The summed E-state index contributed by atoms with van der Waals surface area (Å²) in [5.41, 5.74) is 3.43. The molecular formula is C14H15N3O2S. The number of nitrogens with two attached hydrogens (primary N) is 1. The van der Waals surface area contributed by atoms with E-state index >= 15 is 0 Å². The summed E-state index contributed by atoms with van der Waals surface area (Å²) in [6.07, 6.45) is 0.399. The van der Waals surface area contributed by atoms with Gasteiger partial charge in [0.15, 0.2) is 0 Å². The van der Waals surface area contributed by atoms with Gasteiger partial charge in [-0.1, -0.05) is 24.3 Å². The largest absolute Gasteiger partial charge is 0.335 e. The molecule has 0 unspecified atom stereocenters. The van der Waals surface area contributed by atoms with Crippen LogP contribution in [0, 0.1) is 11.3 Å². The molecule has 0 aliphatic rings. The number of aryl methyl sites for hydroxylation is 1. The third-order valence-electron chi connectivity index (χ3n) is 3.16. The smallest absolute Gasteiger partial charge is 0.209 e. The Morgan fingerprint density at radius 2 is 1.85 bits per heavy atom. The lowest BCUT2D eigenvalue weighted by molar-refractivity contribution is 0.597. The lowest BCUT2D eigenvalue weighted by atomic mass is 10.1. The molecule has 0 saturated heterocycles. The predicted octanol–water partition coefficient (Wildman–Crippen LogP) is 1.39. The van der Waals surface area contributed by atoms with E-state index in [2.05, 4.69) is 6.07 Å². The lowest BCUT2D eigenvalue weighted by Gasteiger charge is -2.06. The van der Waals surface area contributed by atoms with Gasteiger partial charge in [-0.05, 0) is 29.7 Å². The Balaban J connectivity index is 2.20. The molecule has 0 saturated carbocycles. The summed E-state index contributed by atoms with van der Waals surface area (Å²) in [5, 5.41) is 13.9. The zero-order chi connectivity index (χ0) is 14.8. The average molecular weight is 289 g/mol. The third-order valence-corrected chi connectivity index (χ3v) is 3.93. The minimum atomic E-state index is -3.43. The van der Waals surface area contributed by atoms with E-state index < -0.39 is 10.0 Å². The number of nitriles is 1. The van der Waals surface area contributed by atoms with Crippen molar-refractivity contribution in [1.29, 1.82) is 5.26 Å². The monoisotopic (exact) mass is 289 g/mol. The van der Waals surface area contributed by atoms with Crippen LogP contribution in [0.5, 0.6) is 0 Å². The van der Waals surface area contributed by atoms with Gasteiger partial charge in [0.1, 0.15) is 11.8 Å². The van der Waals surface area contributed by atoms with Crippen LogP contribution in [-0.2, 0) is 23.5 Å². The molecule has 1 aromatic carbocycles. The predicted molar refractivity (Wildman–Crippen MR) is 77.2 cm³/mol. The van der Waals surface area contributed by atoms with Crippen molar-refractivity contribution in [2.75, 3.05) is 5.75 Å². The first-order valence-corrected chi connectivity index (χ1v) is 7.78. The summed E-state index contributed by atoms with van der Waals surface area (Å²) in [7, 11) is -1.60. The van der Waals surface area contributed by atoms with E-state index in [-0.39, 0.29) is 5.75 Å². The van der Waals surface area contributed by atoms with Crippen molar-refractivity contribution in [3.8, 4) is 17.3 Å². The molecule has 0 radical (unpaired) electrons. The highest BCUT2D eigenvalue weighted by atomic mass is 32.2. The van der Waals surface area contributed by atoms with Gasteiger partial charge in [-0.25, -0.2) is 13.6 Å². The number of hydrogen-bond donors (Lipinski definition) is 1. The molecule has 20 heavy (non-hydrogen) atoms. The molecular weight excluding hydrogens is 274 g/mol. The van der Waals surface area contributed by atoms with Crippen LogP contribution in [0.1, 0.15) is 11.3 Å². The second-order valence-electron chi connectivity index (χ2n) is 4.59. The van der Waals surface area contributed by atoms with Crippen LogP contribution in [0.15, 0.2) is 36.4 Å². The van der Waals surface area contributed by atoms with Gasteiger partial charge in [-0.15, -0.1) is 0 Å². The van der Waals surface area contributed by atoms with Crippen LogP contribution in [-0.4, -0.2) is 18.7 Å². The number of nitrogens with zero attached hydrogens (tertiary/aromatic N) is 2. The number of sulfonamides is 1. The van der Waals surface area contributed by atoms with Gasteiger partial charge < -0.3 is 4.57 Å². The average Bonchev–Trinajstić information content (AvgIpc) is 2.77. The SMILES string of the molecule is Cn1c(C#N)ccc1-c1ccc(CCS(N)(=O)=O)cc1. The van der Waals surface area contributed by atoms with Gasteiger partial charge in [0.2, 0.25) is 10.0 Å². The molecule has 1 heterocycles. The van der Waals surface area contributed by atoms with Gasteiger partial charge in [0.25, 0.3) is 0 Å². The molecule has 0 amide bonds. The zero-order valence-corrected chi connectivity index (χ0v) is 11.9. The standard InChI is InChI=1S/C14H15N3O2S/c1-17-13(10-15)6-7-14(17)12-4-2-11(3-5-12)8-9-20(16,18)19/h2-7H,8-9H2,1H3,(H2,16,18,19). The molecule has 104 valence electrons. The van der Waals surface area contributed by atoms with Crippen molar-refractivity contribution in [2.45, 2.75) is 6.42 Å². The number of aromatic nitrogens is 1. The van der Waals surface area contributed by atoms with Gasteiger partial charge in [0.05, 0.1) is 5.75 Å². The maximum absolute atomic E-state index is 10.9. The van der Waals surface area contributed by atoms with E-state index in [0.29, 0.717) is 12.1 Å². The molecule has 0 spiro atoms. The Morgan fingerprint density at radius 3 is 2.35 bits per heavy atom. The molecule has 5 nitrogen and oxygen atoms in total. The number of hydrogen-bond acceptors (Lipinski definition) is 3. The van der Waals surface area contributed by atoms with Gasteiger partial charge in [-0.2, -0.15) is 5.26 Å². The fourth-order valence-electron chi connectivity index (χ4n) is 2.02. The Labute approximate surface area is 118 Å². The van der Waals surface area contributed by atoms with Crippen LogP contribution < -0.4 is 5.14 Å². The fraction of sp³-hybridized carbons (Fsp3) is 0.214. The van der Waals surface area contributed by atoms with Crippen LogP contribution >= 0.6 is 0 Å². The Morgan fingerprint density at radius 1 is 1.20 bits per heavy atom. The molecule has 0 fully saturated rings. The maximum atomic E-state index is 10.9. The van der Waals surface area contributed by atoms with E-state index in [1.165, 1.54) is 0 Å². The van der Waals surface area contributed by atoms with E-state index in [4.69, 9.17) is 10.4 Å². The van der Waals surface area contributed by atoms with Crippen LogP contribution in [0.25, 0.3) is 11.3 Å². The van der Waals surface area contributed by atoms with E-state index in [1.54, 1.807) is 6.07 Å². The van der Waals surface area contributed by atoms with Crippen molar-refractivity contribution in [3.63, 3.8) is 0 Å². The maximum Gasteiger partial charge on any atom is 0.209 e. The minimum Gasteiger partial charge on any atom is -0.335 e. The summed E-state index contributed by atoms with van der Waals surface area (Å²) in [6.45, 7) is 0. The Kier molecular flexibility index (Phi) is 3.93. The van der Waals surface area contributed by atoms with Crippen molar-refractivity contribution < 1.29 is 8.42 Å². The third kappa shape index (κ3) is 3.26. The summed E-state index contributed by atoms with van der Waals surface area (Å²) in [6, 6.07) is 13.3. The Hall–Kier alpha value is -2.10. The minimum absolute atomic E-state index is 0.0604. The van der Waals surface area contributed by atoms with Crippen molar-refractivity contribution in [3.05, 3.63) is 47.7 Å². The first kappa shape index (κ1) is 14.3. The second-order valence-corrected chi connectivity index (χ2v) is 6.32. The van der Waals surface area contributed by atoms with E-state index in [1.807, 2.05) is 41.9 Å². The van der Waals surface area contributed by atoms with E-state index in [0.717, 1.165) is 16.8 Å². The highest BCUT2D eigenvalue weighted by Gasteiger charge is 2.07. The highest BCUT2D eigenvalue weighted by molar-refractivity contribution is 7.89. The fourth-order valence-corrected chi connectivity index (χ4v) is 2.54. The Bertz CT molecular complexity index is 753. The topological polar surface area (TPSA) is 88.9 Å². The lowest BCUT2D eigenvalue weighted by Crippen LogP contribution is -2.17. The molecule has 6 heteroatoms. The quantitative estimate of drug-likeness (QED) is 0.922. The zero-order valence-electron chi connectivity index (χ0n) is 11.1. The molecule has 0 aliphatic carbocycles. The number of rotatable bonds is 4. The molecule has 2 aromatic rings. The summed E-state index contributed by atoms with van der Waals surface area (Å²) in [5.74, 6) is -0.0604. The molecule has 0 atom stereocenters. The molecule has 2 N–H and O–H groups in total. The van der Waals surface area contributed by atoms with Gasteiger partial charge in [-0.3, -0.25) is 0 Å². The summed E-state index contributed by atoms with van der Waals surface area (Å²) in [4.78, 5) is 0. The molecule has 2 rings (SSSR count). The van der Waals surface area contributed by atoms with Crippen molar-refractivity contribution >= 4 is 10.0 Å². The molecule has 0 bridgehead atoms. The van der Waals surface area contributed by atoms with Crippen LogP contribution in [0.2, 0.25) is 0 Å². The first-order chi connectivity index (χ1) is 9.40. The first-order valence-electron chi connectivity index (χ1n) is 6.06. The molecule has 1 aromatic heterocycles. The summed E-state index contributed by atoms with van der Waals surface area (Å²) >= 11 is 0. The summed E-state index contributed by atoms with van der Waals surface area (Å²) < 4.78 is 23.7. The van der Waals surface area contributed by atoms with E-state index in [9.17, 15) is 8.42 Å². The second kappa shape index (κ2) is 5.49. The van der Waals surface area contributed by atoms with Crippen LogP contribution in [0.4, 0.5) is 0 Å². The molecule has 0 aliphatic heterocycles. The normalized spacial score (nSPS) is 11.2.